The monoisotopic (exact) mass is 567 g/mol. The van der Waals surface area contributed by atoms with Crippen molar-refractivity contribution in [2.75, 3.05) is 6.54 Å². The molecule has 8 nitrogen and oxygen atoms in total. The van der Waals surface area contributed by atoms with Gasteiger partial charge in [0.2, 0.25) is 11.8 Å². The van der Waals surface area contributed by atoms with Gasteiger partial charge in [0.05, 0.1) is 0 Å². The van der Waals surface area contributed by atoms with Gasteiger partial charge in [-0.25, -0.2) is 4.79 Å². The van der Waals surface area contributed by atoms with Gasteiger partial charge in [-0.15, -0.1) is 0 Å². The highest BCUT2D eigenvalue weighted by Gasteiger charge is 2.37. The molecule has 0 bridgehead atoms. The average molecular weight is 568 g/mol. The smallest absolute Gasteiger partial charge is 0.408 e. The Hall–Kier alpha value is -3.55. The Morgan fingerprint density at radius 3 is 2.15 bits per heavy atom. The Bertz CT molecular complexity index is 1120. The van der Waals surface area contributed by atoms with E-state index in [1.807, 2.05) is 45.0 Å². The molecule has 0 aliphatic heterocycles. The first-order valence-electron chi connectivity index (χ1n) is 14.8. The van der Waals surface area contributed by atoms with Gasteiger partial charge in [-0.2, -0.15) is 0 Å². The van der Waals surface area contributed by atoms with E-state index in [0.29, 0.717) is 6.54 Å². The van der Waals surface area contributed by atoms with Gasteiger partial charge in [0.25, 0.3) is 0 Å². The summed E-state index contributed by atoms with van der Waals surface area (Å²) in [6, 6.07) is 12.1. The zero-order chi connectivity index (χ0) is 30.6. The normalized spacial score (nSPS) is 12.9. The molecule has 3 N–H and O–H groups in total. The van der Waals surface area contributed by atoms with Gasteiger partial charge in [0.15, 0.2) is 0 Å². The molecule has 0 radical (unpaired) electrons. The highest BCUT2D eigenvalue weighted by atomic mass is 16.6. The number of nitrogens with one attached hydrogen (secondary N) is 2. The average Bonchev–Trinajstić information content (AvgIpc) is 2.87. The zero-order valence-electron chi connectivity index (χ0n) is 25.8. The van der Waals surface area contributed by atoms with E-state index in [0.717, 1.165) is 48.8 Å². The molecule has 2 atom stereocenters. The summed E-state index contributed by atoms with van der Waals surface area (Å²) in [5.74, 6) is -0.529. The summed E-state index contributed by atoms with van der Waals surface area (Å²) in [5.41, 5.74) is 1.64. The number of phenolic OH excluding ortho intramolecular Hbond substituents is 1. The summed E-state index contributed by atoms with van der Waals surface area (Å²) >= 11 is 0. The van der Waals surface area contributed by atoms with E-state index in [-0.39, 0.29) is 30.0 Å². The van der Waals surface area contributed by atoms with Crippen LogP contribution in [0.2, 0.25) is 0 Å². The van der Waals surface area contributed by atoms with Gasteiger partial charge in [-0.05, 0) is 76.8 Å². The maximum absolute atomic E-state index is 14.5. The van der Waals surface area contributed by atoms with Crippen molar-refractivity contribution in [2.24, 2.45) is 0 Å². The highest BCUT2D eigenvalue weighted by molar-refractivity contribution is 5.92. The lowest BCUT2D eigenvalue weighted by atomic mass is 9.96. The fraction of sp³-hybridized carbons (Fsp3) is 0.545. The molecule has 0 aliphatic rings. The third-order valence-corrected chi connectivity index (χ3v) is 6.62. The molecular formula is C33H49N3O5. The maximum Gasteiger partial charge on any atom is 0.408 e. The van der Waals surface area contributed by atoms with Crippen molar-refractivity contribution in [1.82, 2.24) is 15.5 Å². The van der Waals surface area contributed by atoms with Crippen LogP contribution >= 0.6 is 0 Å². The van der Waals surface area contributed by atoms with Crippen LogP contribution in [0.15, 0.2) is 48.5 Å². The van der Waals surface area contributed by atoms with E-state index in [1.54, 1.807) is 49.9 Å². The second kappa shape index (κ2) is 16.0. The molecule has 41 heavy (non-hydrogen) atoms. The predicted molar refractivity (Wildman–Crippen MR) is 163 cm³/mol. The number of rotatable bonds is 14. The number of benzene rings is 2. The first-order valence-corrected chi connectivity index (χ1v) is 14.8. The molecular weight excluding hydrogens is 518 g/mol. The minimum Gasteiger partial charge on any atom is -0.508 e. The minimum absolute atomic E-state index is 0.107. The second-order valence-electron chi connectivity index (χ2n) is 11.9. The van der Waals surface area contributed by atoms with Crippen LogP contribution in [0.3, 0.4) is 0 Å². The van der Waals surface area contributed by atoms with Gasteiger partial charge in [-0.1, -0.05) is 69.0 Å². The molecule has 2 unspecified atom stereocenters. The summed E-state index contributed by atoms with van der Waals surface area (Å²) in [7, 11) is 0. The van der Waals surface area contributed by atoms with E-state index in [9.17, 15) is 19.5 Å². The summed E-state index contributed by atoms with van der Waals surface area (Å²) in [5, 5.41) is 15.6. The van der Waals surface area contributed by atoms with Crippen LogP contribution in [-0.4, -0.2) is 52.1 Å². The maximum atomic E-state index is 14.5. The van der Waals surface area contributed by atoms with Crippen LogP contribution in [0.1, 0.15) is 96.4 Å². The number of carbonyl (C=O) groups is 3. The standard InChI is InChI=1S/C33H49N3O5/c1-8-9-10-11-14-21-36(29(30(38)34-23(2)3)27-16-13-12-15-24(27)4)31(39)28(35-32(40)41-33(5,6)7)22-25-17-19-26(37)20-18-25/h12-13,15-20,23,28-29,37H,8-11,14,21-22H2,1-7H3,(H,34,38)(H,35,40). The Balaban J connectivity index is 2.55. The van der Waals surface area contributed by atoms with Gasteiger partial charge in [0.1, 0.15) is 23.4 Å². The van der Waals surface area contributed by atoms with Crippen molar-refractivity contribution in [1.29, 1.82) is 0 Å². The van der Waals surface area contributed by atoms with Crippen molar-refractivity contribution in [3.63, 3.8) is 0 Å². The minimum atomic E-state index is -0.997. The number of amides is 3. The number of hydrogen-bond acceptors (Lipinski definition) is 5. The van der Waals surface area contributed by atoms with Gasteiger partial charge < -0.3 is 25.4 Å². The first kappa shape index (κ1) is 33.7. The van der Waals surface area contributed by atoms with Crippen molar-refractivity contribution < 1.29 is 24.2 Å². The molecule has 8 heteroatoms. The largest absolute Gasteiger partial charge is 0.508 e. The Labute approximate surface area is 245 Å². The van der Waals surface area contributed by atoms with Crippen LogP contribution in [-0.2, 0) is 20.7 Å². The van der Waals surface area contributed by atoms with E-state index in [4.69, 9.17) is 4.74 Å². The Morgan fingerprint density at radius 1 is 0.927 bits per heavy atom. The fourth-order valence-corrected chi connectivity index (χ4v) is 4.68. The second-order valence-corrected chi connectivity index (χ2v) is 11.9. The lowest BCUT2D eigenvalue weighted by Crippen LogP contribution is -2.54. The number of phenols is 1. The molecule has 2 aromatic carbocycles. The van der Waals surface area contributed by atoms with Crippen LogP contribution in [0.25, 0.3) is 0 Å². The van der Waals surface area contributed by atoms with E-state index in [1.165, 1.54) is 0 Å². The zero-order valence-corrected chi connectivity index (χ0v) is 25.8. The van der Waals surface area contributed by atoms with Gasteiger partial charge in [0, 0.05) is 19.0 Å². The number of nitrogens with zero attached hydrogens (tertiary/aromatic N) is 1. The molecule has 0 saturated carbocycles. The first-order chi connectivity index (χ1) is 19.3. The fourth-order valence-electron chi connectivity index (χ4n) is 4.68. The van der Waals surface area contributed by atoms with Crippen LogP contribution in [0, 0.1) is 6.92 Å². The van der Waals surface area contributed by atoms with Crippen molar-refractivity contribution >= 4 is 17.9 Å². The highest BCUT2D eigenvalue weighted by Crippen LogP contribution is 2.27. The van der Waals surface area contributed by atoms with Crippen LogP contribution in [0.4, 0.5) is 4.79 Å². The molecule has 226 valence electrons. The Kier molecular flexibility index (Phi) is 13.2. The van der Waals surface area contributed by atoms with Crippen molar-refractivity contribution in [2.45, 2.75) is 111 Å². The number of unbranched alkanes of at least 4 members (excludes halogenated alkanes) is 4. The molecule has 3 amide bonds. The molecule has 2 aromatic rings. The molecule has 0 heterocycles. The van der Waals surface area contributed by atoms with Crippen LogP contribution in [0.5, 0.6) is 5.75 Å². The number of hydrogen-bond donors (Lipinski definition) is 3. The lowest BCUT2D eigenvalue weighted by molar-refractivity contribution is -0.142. The number of aryl methyl sites for hydroxylation is 1. The Morgan fingerprint density at radius 2 is 1.56 bits per heavy atom. The summed E-state index contributed by atoms with van der Waals surface area (Å²) in [6.45, 7) is 13.5. The number of carbonyl (C=O) groups excluding carboxylic acids is 3. The third kappa shape index (κ3) is 11.5. The molecule has 2 rings (SSSR count). The number of ether oxygens (including phenoxy) is 1. The predicted octanol–water partition coefficient (Wildman–Crippen LogP) is 6.20. The van der Waals surface area contributed by atoms with E-state index < -0.39 is 23.8 Å². The van der Waals surface area contributed by atoms with Gasteiger partial charge >= 0.3 is 6.09 Å². The van der Waals surface area contributed by atoms with Crippen LogP contribution < -0.4 is 10.6 Å². The molecule has 0 saturated heterocycles. The molecule has 0 fully saturated rings. The SMILES string of the molecule is CCCCCCCN(C(=O)C(Cc1ccc(O)cc1)NC(=O)OC(C)(C)C)C(C(=O)NC(C)C)c1ccccc1C. The summed E-state index contributed by atoms with van der Waals surface area (Å²) in [4.78, 5) is 42.8. The van der Waals surface area contributed by atoms with E-state index in [2.05, 4.69) is 17.6 Å². The summed E-state index contributed by atoms with van der Waals surface area (Å²) in [6.07, 6.45) is 4.34. The summed E-state index contributed by atoms with van der Waals surface area (Å²) < 4.78 is 5.50. The van der Waals surface area contributed by atoms with Crippen molar-refractivity contribution in [3.05, 3.63) is 65.2 Å². The lowest BCUT2D eigenvalue weighted by Gasteiger charge is -2.35. The topological polar surface area (TPSA) is 108 Å². The van der Waals surface area contributed by atoms with E-state index >= 15 is 0 Å². The molecule has 0 spiro atoms. The molecule has 0 aliphatic carbocycles. The van der Waals surface area contributed by atoms with Crippen molar-refractivity contribution in [3.8, 4) is 5.75 Å². The number of alkyl carbamates (subject to hydrolysis) is 1. The van der Waals surface area contributed by atoms with Gasteiger partial charge in [-0.3, -0.25) is 9.59 Å². The number of aromatic hydroxyl groups is 1. The molecule has 0 aromatic heterocycles. The quantitative estimate of drug-likeness (QED) is 0.236. The third-order valence-electron chi connectivity index (χ3n) is 6.62.